The summed E-state index contributed by atoms with van der Waals surface area (Å²) in [6.45, 7) is 0. The molecule has 0 unspecified atom stereocenters. The molecule has 0 amide bonds. The number of hydrogen-bond acceptors (Lipinski definition) is 2. The Balaban J connectivity index is 2.46. The maximum absolute atomic E-state index is 11.3. The van der Waals surface area contributed by atoms with Crippen LogP contribution in [0, 0.1) is 0 Å². The summed E-state index contributed by atoms with van der Waals surface area (Å²) in [5, 5.41) is 0. The molecule has 1 aromatic carbocycles. The highest BCUT2D eigenvalue weighted by atomic mass is 79.9. The number of carbonyl (C=O) groups excluding carboxylic acids is 1. The number of benzene rings is 1. The number of Topliss-reactive ketones (excluding diaryl/α,β-unsaturated/α-hetero) is 1. The molecule has 0 spiro atoms. The van der Waals surface area contributed by atoms with Gasteiger partial charge in [-0.1, -0.05) is 0 Å². The molecule has 14 heavy (non-hydrogen) atoms. The van der Waals surface area contributed by atoms with Gasteiger partial charge in [-0.2, -0.15) is 0 Å². The second kappa shape index (κ2) is 3.73. The van der Waals surface area contributed by atoms with Crippen LogP contribution in [0.5, 0.6) is 5.75 Å². The maximum Gasteiger partial charge on any atom is 0.137 e. The SMILES string of the molecule is COc1cc2c(cc1Br)CCC(=O)C2. The second-order valence-corrected chi connectivity index (χ2v) is 4.33. The fourth-order valence-electron chi connectivity index (χ4n) is 1.77. The third-order valence-electron chi connectivity index (χ3n) is 2.53. The number of carbonyl (C=O) groups is 1. The average Bonchev–Trinajstić information content (AvgIpc) is 2.17. The molecule has 1 aliphatic carbocycles. The number of fused-ring (bicyclic) bond motifs is 1. The van der Waals surface area contributed by atoms with E-state index in [0.29, 0.717) is 18.6 Å². The van der Waals surface area contributed by atoms with Crippen molar-refractivity contribution in [3.8, 4) is 5.75 Å². The van der Waals surface area contributed by atoms with Gasteiger partial charge in [0.25, 0.3) is 0 Å². The Hall–Kier alpha value is -0.830. The van der Waals surface area contributed by atoms with Crippen molar-refractivity contribution in [3.05, 3.63) is 27.7 Å². The topological polar surface area (TPSA) is 26.3 Å². The van der Waals surface area contributed by atoms with Crippen molar-refractivity contribution in [3.63, 3.8) is 0 Å². The molecule has 74 valence electrons. The van der Waals surface area contributed by atoms with Crippen LogP contribution in [0.3, 0.4) is 0 Å². The van der Waals surface area contributed by atoms with Crippen LogP contribution in [-0.4, -0.2) is 12.9 Å². The van der Waals surface area contributed by atoms with Gasteiger partial charge in [-0.25, -0.2) is 0 Å². The summed E-state index contributed by atoms with van der Waals surface area (Å²) in [4.78, 5) is 11.3. The summed E-state index contributed by atoms with van der Waals surface area (Å²) in [6.07, 6.45) is 2.08. The van der Waals surface area contributed by atoms with Gasteiger partial charge in [-0.05, 0) is 45.6 Å². The molecular weight excluding hydrogens is 244 g/mol. The second-order valence-electron chi connectivity index (χ2n) is 3.47. The molecule has 2 nitrogen and oxygen atoms in total. The van der Waals surface area contributed by atoms with E-state index in [2.05, 4.69) is 22.0 Å². The van der Waals surface area contributed by atoms with E-state index in [1.165, 1.54) is 5.56 Å². The van der Waals surface area contributed by atoms with Gasteiger partial charge in [0.1, 0.15) is 11.5 Å². The number of ketones is 1. The lowest BCUT2D eigenvalue weighted by Gasteiger charge is -2.16. The molecule has 3 heteroatoms. The number of rotatable bonds is 1. The quantitative estimate of drug-likeness (QED) is 0.770. The molecule has 0 atom stereocenters. The van der Waals surface area contributed by atoms with Gasteiger partial charge in [-0.15, -0.1) is 0 Å². The largest absolute Gasteiger partial charge is 0.496 e. The first kappa shape index (κ1) is 9.71. The Labute approximate surface area is 91.4 Å². The van der Waals surface area contributed by atoms with Gasteiger partial charge in [-0.3, -0.25) is 4.79 Å². The lowest BCUT2D eigenvalue weighted by Crippen LogP contribution is -2.13. The standard InChI is InChI=1S/C11H11BrO2/c1-14-11-6-8-4-9(13)3-2-7(8)5-10(11)12/h5-6H,2-4H2,1H3. The first-order valence-corrected chi connectivity index (χ1v) is 5.37. The molecule has 1 aromatic rings. The van der Waals surface area contributed by atoms with Crippen LogP contribution in [0.15, 0.2) is 16.6 Å². The molecule has 2 rings (SSSR count). The summed E-state index contributed by atoms with van der Waals surface area (Å²) >= 11 is 3.44. The number of methoxy groups -OCH3 is 1. The van der Waals surface area contributed by atoms with Crippen LogP contribution >= 0.6 is 15.9 Å². The Kier molecular flexibility index (Phi) is 2.59. The van der Waals surface area contributed by atoms with Crippen LogP contribution in [0.2, 0.25) is 0 Å². The van der Waals surface area contributed by atoms with Crippen LogP contribution in [-0.2, 0) is 17.6 Å². The lowest BCUT2D eigenvalue weighted by molar-refractivity contribution is -0.118. The molecule has 0 radical (unpaired) electrons. The summed E-state index contributed by atoms with van der Waals surface area (Å²) in [6, 6.07) is 4.01. The van der Waals surface area contributed by atoms with Crippen molar-refractivity contribution in [1.29, 1.82) is 0 Å². The minimum absolute atomic E-state index is 0.321. The molecule has 0 saturated heterocycles. The van der Waals surface area contributed by atoms with Gasteiger partial charge >= 0.3 is 0 Å². The first-order valence-electron chi connectivity index (χ1n) is 4.57. The summed E-state index contributed by atoms with van der Waals surface area (Å²) in [5.74, 6) is 1.13. The van der Waals surface area contributed by atoms with Crippen molar-refractivity contribution in [2.24, 2.45) is 0 Å². The number of aryl methyl sites for hydroxylation is 1. The van der Waals surface area contributed by atoms with E-state index in [4.69, 9.17) is 4.74 Å². The van der Waals surface area contributed by atoms with Gasteiger partial charge in [0.05, 0.1) is 11.6 Å². The minimum Gasteiger partial charge on any atom is -0.496 e. The number of ether oxygens (including phenoxy) is 1. The zero-order valence-electron chi connectivity index (χ0n) is 7.97. The summed E-state index contributed by atoms with van der Waals surface area (Å²) in [5.41, 5.74) is 2.37. The molecule has 0 bridgehead atoms. The highest BCUT2D eigenvalue weighted by molar-refractivity contribution is 9.10. The normalized spacial score (nSPS) is 15.1. The van der Waals surface area contributed by atoms with Crippen LogP contribution in [0.1, 0.15) is 17.5 Å². The molecule has 0 aliphatic heterocycles. The fraction of sp³-hybridized carbons (Fsp3) is 0.364. The Morgan fingerprint density at radius 2 is 2.07 bits per heavy atom. The zero-order chi connectivity index (χ0) is 10.1. The number of hydrogen-bond donors (Lipinski definition) is 0. The monoisotopic (exact) mass is 254 g/mol. The molecule has 0 N–H and O–H groups in total. The van der Waals surface area contributed by atoms with Crippen molar-refractivity contribution >= 4 is 21.7 Å². The average molecular weight is 255 g/mol. The van der Waals surface area contributed by atoms with Crippen molar-refractivity contribution in [1.82, 2.24) is 0 Å². The van der Waals surface area contributed by atoms with E-state index in [0.717, 1.165) is 22.2 Å². The van der Waals surface area contributed by atoms with E-state index in [1.807, 2.05) is 6.07 Å². The summed E-state index contributed by atoms with van der Waals surface area (Å²) < 4.78 is 6.15. The van der Waals surface area contributed by atoms with Crippen molar-refractivity contribution in [2.75, 3.05) is 7.11 Å². The van der Waals surface area contributed by atoms with E-state index < -0.39 is 0 Å². The van der Waals surface area contributed by atoms with E-state index in [1.54, 1.807) is 7.11 Å². The molecule has 1 aliphatic rings. The fourth-order valence-corrected chi connectivity index (χ4v) is 2.32. The third-order valence-corrected chi connectivity index (χ3v) is 3.15. The summed E-state index contributed by atoms with van der Waals surface area (Å²) in [7, 11) is 1.64. The van der Waals surface area contributed by atoms with E-state index >= 15 is 0 Å². The van der Waals surface area contributed by atoms with Gasteiger partial charge in [0.15, 0.2) is 0 Å². The molecule has 0 fully saturated rings. The molecule has 0 heterocycles. The highest BCUT2D eigenvalue weighted by Crippen LogP contribution is 2.31. The van der Waals surface area contributed by atoms with Crippen LogP contribution < -0.4 is 4.74 Å². The van der Waals surface area contributed by atoms with E-state index in [-0.39, 0.29) is 0 Å². The van der Waals surface area contributed by atoms with Gasteiger partial charge in [0.2, 0.25) is 0 Å². The van der Waals surface area contributed by atoms with Gasteiger partial charge < -0.3 is 4.74 Å². The van der Waals surface area contributed by atoms with Crippen molar-refractivity contribution in [2.45, 2.75) is 19.3 Å². The Morgan fingerprint density at radius 3 is 2.79 bits per heavy atom. The van der Waals surface area contributed by atoms with Crippen LogP contribution in [0.25, 0.3) is 0 Å². The Bertz CT molecular complexity index is 385. The molecule has 0 saturated carbocycles. The van der Waals surface area contributed by atoms with Crippen LogP contribution in [0.4, 0.5) is 0 Å². The molecular formula is C11H11BrO2. The first-order chi connectivity index (χ1) is 6.70. The third kappa shape index (κ3) is 1.69. The smallest absolute Gasteiger partial charge is 0.137 e. The minimum atomic E-state index is 0.321. The lowest BCUT2D eigenvalue weighted by atomic mass is 9.91. The Morgan fingerprint density at radius 1 is 1.29 bits per heavy atom. The number of halogens is 1. The maximum atomic E-state index is 11.3. The predicted octanol–water partition coefficient (Wildman–Crippen LogP) is 2.52. The highest BCUT2D eigenvalue weighted by Gasteiger charge is 2.17. The zero-order valence-corrected chi connectivity index (χ0v) is 9.56. The predicted molar refractivity (Wildman–Crippen MR) is 57.7 cm³/mol. The van der Waals surface area contributed by atoms with Crippen molar-refractivity contribution < 1.29 is 9.53 Å². The molecule has 0 aromatic heterocycles. The van der Waals surface area contributed by atoms with E-state index in [9.17, 15) is 4.79 Å². The van der Waals surface area contributed by atoms with Gasteiger partial charge in [0, 0.05) is 12.8 Å².